The predicted octanol–water partition coefficient (Wildman–Crippen LogP) is 3.30. The molecule has 0 spiro atoms. The lowest BCUT2D eigenvalue weighted by atomic mass is 10.1. The Hall–Kier alpha value is -5.30. The van der Waals surface area contributed by atoms with Gasteiger partial charge in [0.1, 0.15) is 48.7 Å². The average Bonchev–Trinajstić information content (AvgIpc) is 3.04. The number of hydrogen-bond acceptors (Lipinski definition) is 10. The summed E-state index contributed by atoms with van der Waals surface area (Å²) in [5.41, 5.74) is 18.5. The molecule has 226 valence electrons. The number of benzene rings is 3. The van der Waals surface area contributed by atoms with Gasteiger partial charge in [0.25, 0.3) is 11.8 Å². The maximum absolute atomic E-state index is 13.5. The molecule has 0 saturated carbocycles. The van der Waals surface area contributed by atoms with Crippen LogP contribution in [0.1, 0.15) is 20.7 Å². The lowest BCUT2D eigenvalue weighted by molar-refractivity contribution is 0.102. The lowest BCUT2D eigenvalue weighted by Gasteiger charge is -2.14. The van der Waals surface area contributed by atoms with Crippen molar-refractivity contribution >= 4 is 45.3 Å². The highest BCUT2D eigenvalue weighted by atomic mass is 16.5. The van der Waals surface area contributed by atoms with Crippen molar-refractivity contribution in [3.63, 3.8) is 0 Å². The van der Waals surface area contributed by atoms with E-state index in [0.717, 1.165) is 10.8 Å². The first-order chi connectivity index (χ1) is 21.5. The van der Waals surface area contributed by atoms with Crippen molar-refractivity contribution in [2.75, 3.05) is 50.1 Å². The first-order valence-corrected chi connectivity index (χ1v) is 14.0. The summed E-state index contributed by atoms with van der Waals surface area (Å²) in [4.78, 5) is 36.0. The van der Waals surface area contributed by atoms with Crippen LogP contribution in [0.5, 0.6) is 17.2 Å². The molecule has 0 aliphatic heterocycles. The van der Waals surface area contributed by atoms with Gasteiger partial charge in [-0.15, -0.1) is 0 Å². The van der Waals surface area contributed by atoms with Crippen molar-refractivity contribution < 1.29 is 23.8 Å². The number of nitrogens with one attached hydrogen (secondary N) is 2. The molecular formula is C32H33N7O5. The molecule has 0 unspecified atom stereocenters. The topological polar surface area (TPSA) is 190 Å². The molecule has 5 rings (SSSR count). The van der Waals surface area contributed by atoms with Gasteiger partial charge in [0.05, 0.1) is 11.0 Å². The Labute approximate surface area is 253 Å². The third kappa shape index (κ3) is 7.18. The van der Waals surface area contributed by atoms with Gasteiger partial charge in [-0.3, -0.25) is 9.59 Å². The molecule has 0 fully saturated rings. The molecule has 2 amide bonds. The molecule has 0 radical (unpaired) electrons. The molecule has 12 heteroatoms. The third-order valence-electron chi connectivity index (χ3n) is 6.41. The van der Waals surface area contributed by atoms with Gasteiger partial charge in [0.2, 0.25) is 0 Å². The number of rotatable bonds is 13. The fourth-order valence-electron chi connectivity index (χ4n) is 4.49. The van der Waals surface area contributed by atoms with Crippen molar-refractivity contribution in [3.05, 3.63) is 90.0 Å². The highest BCUT2D eigenvalue weighted by Crippen LogP contribution is 2.29. The molecule has 8 N–H and O–H groups in total. The number of para-hydroxylation sites is 2. The van der Waals surface area contributed by atoms with Crippen LogP contribution in [0.2, 0.25) is 0 Å². The summed E-state index contributed by atoms with van der Waals surface area (Å²) in [6, 6.07) is 22.6. The van der Waals surface area contributed by atoms with Crippen LogP contribution in [-0.2, 0) is 0 Å². The van der Waals surface area contributed by atoms with Crippen LogP contribution in [-0.4, -0.2) is 61.2 Å². The summed E-state index contributed by atoms with van der Waals surface area (Å²) in [6.07, 6.45) is 0. The van der Waals surface area contributed by atoms with Gasteiger partial charge in [-0.25, -0.2) is 9.97 Å². The van der Waals surface area contributed by atoms with E-state index in [2.05, 4.69) is 20.6 Å². The average molecular weight is 596 g/mol. The SMILES string of the molecule is NCCOc1cc(C(=O)Nc2cc(OCCN)c3ccccc3n2)cc(C(=O)Nc2cc(OCCN)c3ccccc3n2)c1. The Bertz CT molecular complexity index is 1670. The number of fused-ring (bicyclic) bond motifs is 2. The lowest BCUT2D eigenvalue weighted by Crippen LogP contribution is -2.18. The normalized spacial score (nSPS) is 10.9. The Morgan fingerprint density at radius 1 is 0.591 bits per heavy atom. The second-order valence-corrected chi connectivity index (χ2v) is 9.61. The van der Waals surface area contributed by atoms with Crippen LogP contribution < -0.4 is 42.0 Å². The van der Waals surface area contributed by atoms with Gasteiger partial charge in [-0.2, -0.15) is 0 Å². The van der Waals surface area contributed by atoms with E-state index in [1.54, 1.807) is 12.1 Å². The molecule has 2 aromatic heterocycles. The van der Waals surface area contributed by atoms with Crippen LogP contribution in [0, 0.1) is 0 Å². The summed E-state index contributed by atoms with van der Waals surface area (Å²) in [6.45, 7) is 1.69. The summed E-state index contributed by atoms with van der Waals surface area (Å²) < 4.78 is 17.3. The van der Waals surface area contributed by atoms with Gasteiger partial charge in [0, 0.05) is 53.7 Å². The van der Waals surface area contributed by atoms with Crippen LogP contribution in [0.25, 0.3) is 21.8 Å². The van der Waals surface area contributed by atoms with Gasteiger partial charge >= 0.3 is 0 Å². The first kappa shape index (κ1) is 30.2. The summed E-state index contributed by atoms with van der Waals surface area (Å²) in [5, 5.41) is 7.17. The number of pyridine rings is 2. The first-order valence-electron chi connectivity index (χ1n) is 14.0. The second kappa shape index (κ2) is 14.2. The number of hydrogen-bond donors (Lipinski definition) is 5. The van der Waals surface area contributed by atoms with E-state index >= 15 is 0 Å². The molecule has 5 aromatic rings. The van der Waals surface area contributed by atoms with Crippen molar-refractivity contribution in [2.45, 2.75) is 0 Å². The zero-order valence-corrected chi connectivity index (χ0v) is 23.9. The van der Waals surface area contributed by atoms with E-state index in [1.807, 2.05) is 48.5 Å². The molecule has 0 bridgehead atoms. The largest absolute Gasteiger partial charge is 0.492 e. The number of anilines is 2. The number of amides is 2. The van der Waals surface area contributed by atoms with Crippen LogP contribution >= 0.6 is 0 Å². The summed E-state index contributed by atoms with van der Waals surface area (Å²) in [5.74, 6) is 0.890. The smallest absolute Gasteiger partial charge is 0.256 e. The predicted molar refractivity (Wildman–Crippen MR) is 169 cm³/mol. The van der Waals surface area contributed by atoms with Crippen molar-refractivity contribution in [1.82, 2.24) is 9.97 Å². The van der Waals surface area contributed by atoms with Gasteiger partial charge in [0.15, 0.2) is 0 Å². The number of nitrogens with zero attached hydrogens (tertiary/aromatic N) is 2. The molecule has 0 saturated heterocycles. The van der Waals surface area contributed by atoms with E-state index in [9.17, 15) is 9.59 Å². The van der Waals surface area contributed by atoms with Gasteiger partial charge in [-0.1, -0.05) is 24.3 Å². The maximum atomic E-state index is 13.5. The maximum Gasteiger partial charge on any atom is 0.256 e. The molecular weight excluding hydrogens is 562 g/mol. The molecule has 12 nitrogen and oxygen atoms in total. The van der Waals surface area contributed by atoms with Gasteiger partial charge < -0.3 is 42.0 Å². The molecule has 0 atom stereocenters. The summed E-state index contributed by atoms with van der Waals surface area (Å²) in [7, 11) is 0. The van der Waals surface area contributed by atoms with E-state index < -0.39 is 11.8 Å². The standard InChI is InChI=1S/C32H33N7O5/c33-9-12-42-22-16-20(31(40)38-29-18-27(43-13-10-34)23-5-1-3-7-25(23)36-29)15-21(17-22)32(41)39-30-19-28(44-14-11-35)24-6-2-4-8-26(24)37-30/h1-8,15-19H,9-14,33-35H2,(H,36,38,40)(H,37,39,41). The Kier molecular flexibility index (Phi) is 9.77. The fraction of sp³-hybridized carbons (Fsp3) is 0.188. The molecule has 0 aliphatic rings. The van der Waals surface area contributed by atoms with Crippen molar-refractivity contribution in [1.29, 1.82) is 0 Å². The van der Waals surface area contributed by atoms with Crippen molar-refractivity contribution in [2.24, 2.45) is 17.2 Å². The quantitative estimate of drug-likeness (QED) is 0.135. The van der Waals surface area contributed by atoms with Gasteiger partial charge in [-0.05, 0) is 42.5 Å². The number of nitrogens with two attached hydrogens (primary N) is 3. The zero-order valence-electron chi connectivity index (χ0n) is 23.9. The zero-order chi connectivity index (χ0) is 30.9. The van der Waals surface area contributed by atoms with Crippen LogP contribution in [0.15, 0.2) is 78.9 Å². The Balaban J connectivity index is 1.43. The molecule has 0 aliphatic carbocycles. The monoisotopic (exact) mass is 595 g/mol. The van der Waals surface area contributed by atoms with E-state index in [-0.39, 0.29) is 35.9 Å². The highest BCUT2D eigenvalue weighted by molar-refractivity contribution is 6.09. The van der Waals surface area contributed by atoms with Crippen molar-refractivity contribution in [3.8, 4) is 17.2 Å². The fourth-order valence-corrected chi connectivity index (χ4v) is 4.49. The highest BCUT2D eigenvalue weighted by Gasteiger charge is 2.17. The minimum atomic E-state index is -0.508. The number of carbonyl (C=O) groups excluding carboxylic acids is 2. The minimum absolute atomic E-state index is 0.169. The Morgan fingerprint density at radius 2 is 1.02 bits per heavy atom. The molecule has 44 heavy (non-hydrogen) atoms. The summed E-state index contributed by atoms with van der Waals surface area (Å²) >= 11 is 0. The Morgan fingerprint density at radius 3 is 1.48 bits per heavy atom. The van der Waals surface area contributed by atoms with Crippen LogP contribution in [0.4, 0.5) is 11.6 Å². The number of carbonyl (C=O) groups is 2. The van der Waals surface area contributed by atoms with E-state index in [4.69, 9.17) is 31.4 Å². The third-order valence-corrected chi connectivity index (χ3v) is 6.41. The number of ether oxygens (including phenoxy) is 3. The molecule has 3 aromatic carbocycles. The minimum Gasteiger partial charge on any atom is -0.492 e. The van der Waals surface area contributed by atoms with E-state index in [0.29, 0.717) is 54.6 Å². The van der Waals surface area contributed by atoms with E-state index in [1.165, 1.54) is 18.2 Å². The van der Waals surface area contributed by atoms with Crippen LogP contribution in [0.3, 0.4) is 0 Å². The number of aromatic nitrogens is 2. The second-order valence-electron chi connectivity index (χ2n) is 9.61. The molecule has 2 heterocycles.